The number of carbonyl (C=O) groups is 1. The molecule has 0 aliphatic heterocycles. The highest BCUT2D eigenvalue weighted by Crippen LogP contribution is 2.22. The number of aliphatic carboxylic acids is 1. The van der Waals surface area contributed by atoms with E-state index in [0.717, 1.165) is 18.6 Å². The fourth-order valence-corrected chi connectivity index (χ4v) is 1.62. The van der Waals surface area contributed by atoms with E-state index < -0.39 is 29.3 Å². The zero-order valence-corrected chi connectivity index (χ0v) is 10.4. The number of halogens is 2. The van der Waals surface area contributed by atoms with Crippen LogP contribution in [-0.2, 0) is 4.79 Å². The van der Waals surface area contributed by atoms with Crippen molar-refractivity contribution in [1.29, 1.82) is 5.26 Å². The molecule has 1 aromatic carbocycles. The Hall–Kier alpha value is -2.16. The smallest absolute Gasteiger partial charge is 0.326 e. The molecule has 1 atom stereocenters. The first-order valence-electron chi connectivity index (χ1n) is 5.88. The number of nitriles is 1. The molecule has 0 radical (unpaired) electrons. The van der Waals surface area contributed by atoms with Gasteiger partial charge in [-0.1, -0.05) is 19.8 Å². The maximum absolute atomic E-state index is 13.6. The average Bonchev–Trinajstić information content (AvgIpc) is 2.36. The molecule has 0 saturated carbocycles. The van der Waals surface area contributed by atoms with Crippen LogP contribution in [0.25, 0.3) is 0 Å². The molecule has 0 bridgehead atoms. The topological polar surface area (TPSA) is 73.1 Å². The Morgan fingerprint density at radius 1 is 1.47 bits per heavy atom. The lowest BCUT2D eigenvalue weighted by atomic mass is 10.1. The lowest BCUT2D eigenvalue weighted by Gasteiger charge is -2.16. The van der Waals surface area contributed by atoms with Gasteiger partial charge in [-0.05, 0) is 18.6 Å². The molecule has 0 aliphatic carbocycles. The molecule has 0 aromatic heterocycles. The summed E-state index contributed by atoms with van der Waals surface area (Å²) < 4.78 is 27.2. The van der Waals surface area contributed by atoms with Gasteiger partial charge in [-0.3, -0.25) is 0 Å². The number of benzene rings is 1. The monoisotopic (exact) mass is 268 g/mol. The molecule has 19 heavy (non-hydrogen) atoms. The maximum atomic E-state index is 13.6. The number of anilines is 1. The Kier molecular flexibility index (Phi) is 5.24. The van der Waals surface area contributed by atoms with Gasteiger partial charge in [0.15, 0.2) is 11.6 Å². The van der Waals surface area contributed by atoms with E-state index in [4.69, 9.17) is 10.4 Å². The molecule has 6 heteroatoms. The Bertz CT molecular complexity index is 489. The molecule has 102 valence electrons. The Balaban J connectivity index is 2.97. The van der Waals surface area contributed by atoms with Gasteiger partial charge in [0.2, 0.25) is 0 Å². The SMILES string of the molecule is CCCCC(Nc1c(F)cc(C#N)cc1F)C(=O)O. The number of rotatable bonds is 6. The van der Waals surface area contributed by atoms with E-state index in [1.165, 1.54) is 0 Å². The van der Waals surface area contributed by atoms with Crippen molar-refractivity contribution in [3.05, 3.63) is 29.3 Å². The second kappa shape index (κ2) is 6.69. The molecule has 0 amide bonds. The van der Waals surface area contributed by atoms with Crippen LogP contribution < -0.4 is 5.32 Å². The molecular weight excluding hydrogens is 254 g/mol. The van der Waals surface area contributed by atoms with Crippen LogP contribution in [0.3, 0.4) is 0 Å². The Morgan fingerprint density at radius 3 is 2.47 bits per heavy atom. The molecule has 0 aliphatic rings. The molecule has 2 N–H and O–H groups in total. The van der Waals surface area contributed by atoms with Crippen LogP contribution in [0, 0.1) is 23.0 Å². The minimum atomic E-state index is -1.17. The summed E-state index contributed by atoms with van der Waals surface area (Å²) in [5.74, 6) is -3.12. The fraction of sp³-hybridized carbons (Fsp3) is 0.385. The van der Waals surface area contributed by atoms with Crippen LogP contribution in [0.1, 0.15) is 31.7 Å². The van der Waals surface area contributed by atoms with Crippen molar-refractivity contribution in [3.8, 4) is 6.07 Å². The summed E-state index contributed by atoms with van der Waals surface area (Å²) in [5, 5.41) is 19.9. The third-order valence-electron chi connectivity index (χ3n) is 2.63. The van der Waals surface area contributed by atoms with Crippen LogP contribution >= 0.6 is 0 Å². The molecule has 0 heterocycles. The van der Waals surface area contributed by atoms with Gasteiger partial charge >= 0.3 is 5.97 Å². The van der Waals surface area contributed by atoms with Crippen molar-refractivity contribution in [1.82, 2.24) is 0 Å². The summed E-state index contributed by atoms with van der Waals surface area (Å²) in [5.41, 5.74) is -0.663. The van der Waals surface area contributed by atoms with E-state index in [0.29, 0.717) is 6.42 Å². The number of carboxylic acids is 1. The normalized spacial score (nSPS) is 11.7. The summed E-state index contributed by atoms with van der Waals surface area (Å²) in [6.07, 6.45) is 1.68. The van der Waals surface area contributed by atoms with E-state index in [1.54, 1.807) is 6.07 Å². The van der Waals surface area contributed by atoms with Crippen molar-refractivity contribution in [2.45, 2.75) is 32.2 Å². The highest BCUT2D eigenvalue weighted by Gasteiger charge is 2.20. The van der Waals surface area contributed by atoms with E-state index >= 15 is 0 Å². The zero-order valence-electron chi connectivity index (χ0n) is 10.4. The van der Waals surface area contributed by atoms with Crippen LogP contribution in [0.4, 0.5) is 14.5 Å². The highest BCUT2D eigenvalue weighted by molar-refractivity contribution is 5.77. The number of unbranched alkanes of at least 4 members (excludes halogenated alkanes) is 1. The van der Waals surface area contributed by atoms with Gasteiger partial charge in [0.1, 0.15) is 11.7 Å². The average molecular weight is 268 g/mol. The third kappa shape index (κ3) is 3.91. The van der Waals surface area contributed by atoms with Gasteiger partial charge in [-0.2, -0.15) is 5.26 Å². The molecule has 0 saturated heterocycles. The third-order valence-corrected chi connectivity index (χ3v) is 2.63. The van der Waals surface area contributed by atoms with Gasteiger partial charge in [0, 0.05) is 0 Å². The second-order valence-corrected chi connectivity index (χ2v) is 4.10. The second-order valence-electron chi connectivity index (χ2n) is 4.10. The minimum absolute atomic E-state index is 0.152. The Morgan fingerprint density at radius 2 is 2.05 bits per heavy atom. The first-order chi connectivity index (χ1) is 8.99. The lowest BCUT2D eigenvalue weighted by Crippen LogP contribution is -2.30. The molecule has 1 rings (SSSR count). The highest BCUT2D eigenvalue weighted by atomic mass is 19.1. The van der Waals surface area contributed by atoms with E-state index in [1.807, 2.05) is 6.92 Å². The Labute approximate surface area is 109 Å². The summed E-state index contributed by atoms with van der Waals surface area (Å²) in [6, 6.07) is 2.29. The van der Waals surface area contributed by atoms with E-state index in [-0.39, 0.29) is 12.0 Å². The largest absolute Gasteiger partial charge is 0.480 e. The van der Waals surface area contributed by atoms with Crippen molar-refractivity contribution in [2.24, 2.45) is 0 Å². The van der Waals surface area contributed by atoms with Crippen LogP contribution in [0.2, 0.25) is 0 Å². The predicted molar refractivity (Wildman–Crippen MR) is 65.6 cm³/mol. The molecule has 0 spiro atoms. The van der Waals surface area contributed by atoms with Gasteiger partial charge in [-0.25, -0.2) is 13.6 Å². The fourth-order valence-electron chi connectivity index (χ4n) is 1.62. The number of hydrogen-bond acceptors (Lipinski definition) is 3. The quantitative estimate of drug-likeness (QED) is 0.832. The predicted octanol–water partition coefficient (Wildman–Crippen LogP) is 2.89. The molecule has 1 aromatic rings. The molecule has 1 unspecified atom stereocenters. The van der Waals surface area contributed by atoms with Crippen LogP contribution in [-0.4, -0.2) is 17.1 Å². The number of nitrogens with zero attached hydrogens (tertiary/aromatic N) is 1. The first kappa shape index (κ1) is 14.9. The van der Waals surface area contributed by atoms with E-state index in [9.17, 15) is 13.6 Å². The van der Waals surface area contributed by atoms with Gasteiger partial charge in [-0.15, -0.1) is 0 Å². The summed E-state index contributed by atoms with van der Waals surface area (Å²) >= 11 is 0. The summed E-state index contributed by atoms with van der Waals surface area (Å²) in [6.45, 7) is 1.89. The summed E-state index contributed by atoms with van der Waals surface area (Å²) in [7, 11) is 0. The molecule has 0 fully saturated rings. The standard InChI is InChI=1S/C13H14F2N2O2/c1-2-3-4-11(13(18)19)17-12-9(14)5-8(7-16)6-10(12)15/h5-6,11,17H,2-4H2,1H3,(H,18,19). The minimum Gasteiger partial charge on any atom is -0.480 e. The maximum Gasteiger partial charge on any atom is 0.326 e. The van der Waals surface area contributed by atoms with Crippen molar-refractivity contribution in [2.75, 3.05) is 5.32 Å². The van der Waals surface area contributed by atoms with Gasteiger partial charge < -0.3 is 10.4 Å². The van der Waals surface area contributed by atoms with Gasteiger partial charge in [0.25, 0.3) is 0 Å². The molecule has 4 nitrogen and oxygen atoms in total. The zero-order chi connectivity index (χ0) is 14.4. The number of carboxylic acid groups (broad SMARTS) is 1. The van der Waals surface area contributed by atoms with Crippen LogP contribution in [0.5, 0.6) is 0 Å². The van der Waals surface area contributed by atoms with Crippen molar-refractivity contribution >= 4 is 11.7 Å². The molecular formula is C13H14F2N2O2. The van der Waals surface area contributed by atoms with E-state index in [2.05, 4.69) is 5.32 Å². The lowest BCUT2D eigenvalue weighted by molar-refractivity contribution is -0.138. The number of hydrogen-bond donors (Lipinski definition) is 2. The number of nitrogens with one attached hydrogen (secondary N) is 1. The first-order valence-corrected chi connectivity index (χ1v) is 5.88. The van der Waals surface area contributed by atoms with Crippen LogP contribution in [0.15, 0.2) is 12.1 Å². The summed E-state index contributed by atoms with van der Waals surface area (Å²) in [4.78, 5) is 11.0. The van der Waals surface area contributed by atoms with Crippen molar-refractivity contribution < 1.29 is 18.7 Å². The van der Waals surface area contributed by atoms with Gasteiger partial charge in [0.05, 0.1) is 11.6 Å². The van der Waals surface area contributed by atoms with Crippen molar-refractivity contribution in [3.63, 3.8) is 0 Å².